The number of amides is 1. The van der Waals surface area contributed by atoms with Gasteiger partial charge in [-0.15, -0.1) is 0 Å². The molecule has 0 saturated carbocycles. The van der Waals surface area contributed by atoms with Crippen molar-refractivity contribution in [2.45, 2.75) is 24.3 Å². The standard InChI is InChI=1S/C21H27N3O5S2/c1-23(2)31(28,29)20-10-8-18(9-11-20)21(25)22-13-5-15-30(26,27)24-14-12-17-6-3-4-7-19(17)16-24/h3-4,6-11H,5,12-16H2,1-2H3,(H,22,25). The Labute approximate surface area is 184 Å². The van der Waals surface area contributed by atoms with Crippen LogP contribution in [0.25, 0.3) is 0 Å². The van der Waals surface area contributed by atoms with Gasteiger partial charge in [-0.05, 0) is 48.2 Å². The molecule has 10 heteroatoms. The molecule has 0 unspecified atom stereocenters. The van der Waals surface area contributed by atoms with Crippen LogP contribution in [0.4, 0.5) is 0 Å². The van der Waals surface area contributed by atoms with Crippen LogP contribution in [-0.2, 0) is 33.0 Å². The van der Waals surface area contributed by atoms with Crippen LogP contribution in [0, 0.1) is 0 Å². The average molecular weight is 466 g/mol. The van der Waals surface area contributed by atoms with Crippen molar-refractivity contribution >= 4 is 26.0 Å². The number of carbonyl (C=O) groups is 1. The highest BCUT2D eigenvalue weighted by Gasteiger charge is 2.26. The number of nitrogens with one attached hydrogen (secondary N) is 1. The van der Waals surface area contributed by atoms with Gasteiger partial charge in [-0.2, -0.15) is 4.31 Å². The summed E-state index contributed by atoms with van der Waals surface area (Å²) in [7, 11) is -4.09. The summed E-state index contributed by atoms with van der Waals surface area (Å²) in [6.07, 6.45) is 0.991. The summed E-state index contributed by atoms with van der Waals surface area (Å²) < 4.78 is 52.1. The van der Waals surface area contributed by atoms with E-state index in [1.54, 1.807) is 0 Å². The summed E-state index contributed by atoms with van der Waals surface area (Å²) in [4.78, 5) is 12.4. The van der Waals surface area contributed by atoms with Gasteiger partial charge in [0.05, 0.1) is 10.6 Å². The minimum absolute atomic E-state index is 0.0462. The summed E-state index contributed by atoms with van der Waals surface area (Å²) in [5, 5.41) is 2.69. The van der Waals surface area contributed by atoms with E-state index >= 15 is 0 Å². The second-order valence-corrected chi connectivity index (χ2v) is 11.8. The fraction of sp³-hybridized carbons (Fsp3) is 0.381. The summed E-state index contributed by atoms with van der Waals surface area (Å²) in [5.41, 5.74) is 2.53. The van der Waals surface area contributed by atoms with Crippen LogP contribution in [0.5, 0.6) is 0 Å². The summed E-state index contributed by atoms with van der Waals surface area (Å²) in [5.74, 6) is -0.423. The molecule has 0 aliphatic carbocycles. The summed E-state index contributed by atoms with van der Waals surface area (Å²) >= 11 is 0. The molecule has 8 nitrogen and oxygen atoms in total. The molecule has 0 atom stereocenters. The van der Waals surface area contributed by atoms with Gasteiger partial charge in [0, 0.05) is 39.3 Å². The minimum atomic E-state index is -3.56. The van der Waals surface area contributed by atoms with E-state index < -0.39 is 20.0 Å². The monoisotopic (exact) mass is 465 g/mol. The number of carbonyl (C=O) groups excluding carboxylic acids is 1. The first-order valence-electron chi connectivity index (χ1n) is 9.96. The van der Waals surface area contributed by atoms with E-state index in [2.05, 4.69) is 5.32 Å². The second-order valence-electron chi connectivity index (χ2n) is 7.59. The van der Waals surface area contributed by atoms with Crippen molar-refractivity contribution in [3.63, 3.8) is 0 Å². The van der Waals surface area contributed by atoms with Crippen LogP contribution in [0.2, 0.25) is 0 Å². The molecule has 1 aliphatic rings. The molecule has 1 amide bonds. The molecule has 0 spiro atoms. The molecule has 1 N–H and O–H groups in total. The number of fused-ring (bicyclic) bond motifs is 1. The molecule has 168 valence electrons. The maximum absolute atomic E-state index is 12.6. The zero-order valence-electron chi connectivity index (χ0n) is 17.6. The molecule has 0 fully saturated rings. The number of sulfonamides is 2. The molecule has 2 aromatic rings. The molecule has 0 saturated heterocycles. The van der Waals surface area contributed by atoms with Crippen molar-refractivity contribution in [2.24, 2.45) is 0 Å². The van der Waals surface area contributed by atoms with Gasteiger partial charge in [0.25, 0.3) is 5.91 Å². The molecule has 3 rings (SSSR count). The van der Waals surface area contributed by atoms with Crippen LogP contribution in [0.1, 0.15) is 27.9 Å². The van der Waals surface area contributed by atoms with Crippen LogP contribution in [-0.4, -0.2) is 64.3 Å². The second kappa shape index (κ2) is 9.47. The Morgan fingerprint density at radius 3 is 2.29 bits per heavy atom. The number of hydrogen-bond donors (Lipinski definition) is 1. The number of benzene rings is 2. The first kappa shape index (κ1) is 23.4. The van der Waals surface area contributed by atoms with Gasteiger partial charge >= 0.3 is 0 Å². The van der Waals surface area contributed by atoms with Crippen molar-refractivity contribution in [3.8, 4) is 0 Å². The minimum Gasteiger partial charge on any atom is -0.352 e. The zero-order chi connectivity index (χ0) is 22.6. The molecule has 0 radical (unpaired) electrons. The predicted molar refractivity (Wildman–Crippen MR) is 119 cm³/mol. The van der Waals surface area contributed by atoms with Crippen molar-refractivity contribution < 1.29 is 21.6 Å². The highest BCUT2D eigenvalue weighted by Crippen LogP contribution is 2.21. The maximum atomic E-state index is 12.6. The fourth-order valence-corrected chi connectivity index (χ4v) is 5.76. The van der Waals surface area contributed by atoms with E-state index in [1.165, 1.54) is 48.2 Å². The lowest BCUT2D eigenvalue weighted by Crippen LogP contribution is -2.38. The van der Waals surface area contributed by atoms with E-state index in [-0.39, 0.29) is 23.1 Å². The number of rotatable bonds is 8. The largest absolute Gasteiger partial charge is 0.352 e. The van der Waals surface area contributed by atoms with E-state index in [4.69, 9.17) is 0 Å². The van der Waals surface area contributed by atoms with Crippen LogP contribution >= 0.6 is 0 Å². The van der Waals surface area contributed by atoms with Gasteiger partial charge in [0.15, 0.2) is 0 Å². The Bertz CT molecular complexity index is 1140. The normalized spacial score (nSPS) is 14.9. The van der Waals surface area contributed by atoms with E-state index in [1.807, 2.05) is 24.3 Å². The van der Waals surface area contributed by atoms with Gasteiger partial charge in [-0.3, -0.25) is 4.79 Å². The first-order valence-corrected chi connectivity index (χ1v) is 13.0. The SMILES string of the molecule is CN(C)S(=O)(=O)c1ccc(C(=O)NCCCS(=O)(=O)N2CCc3ccccc3C2)cc1. The molecule has 0 bridgehead atoms. The predicted octanol–water partition coefficient (Wildman–Crippen LogP) is 1.44. The lowest BCUT2D eigenvalue weighted by molar-refractivity contribution is 0.0953. The molecule has 1 aliphatic heterocycles. The first-order chi connectivity index (χ1) is 14.6. The van der Waals surface area contributed by atoms with Crippen molar-refractivity contribution in [3.05, 3.63) is 65.2 Å². The topological polar surface area (TPSA) is 104 Å². The fourth-order valence-electron chi connectivity index (χ4n) is 3.38. The highest BCUT2D eigenvalue weighted by atomic mass is 32.2. The van der Waals surface area contributed by atoms with E-state index in [0.717, 1.165) is 9.87 Å². The van der Waals surface area contributed by atoms with Crippen molar-refractivity contribution in [2.75, 3.05) is 32.9 Å². The summed E-state index contributed by atoms with van der Waals surface area (Å²) in [6, 6.07) is 13.5. The van der Waals surface area contributed by atoms with Crippen molar-refractivity contribution in [1.29, 1.82) is 0 Å². The van der Waals surface area contributed by atoms with Gasteiger partial charge < -0.3 is 5.32 Å². The number of hydrogen-bond acceptors (Lipinski definition) is 5. The Balaban J connectivity index is 1.50. The molecule has 31 heavy (non-hydrogen) atoms. The third-order valence-corrected chi connectivity index (χ3v) is 8.98. The summed E-state index contributed by atoms with van der Waals surface area (Å²) in [6.45, 7) is 1.06. The van der Waals surface area contributed by atoms with Crippen LogP contribution in [0.15, 0.2) is 53.4 Å². The third-order valence-electron chi connectivity index (χ3n) is 5.25. The molecule has 2 aromatic carbocycles. The maximum Gasteiger partial charge on any atom is 0.251 e. The van der Waals surface area contributed by atoms with E-state index in [9.17, 15) is 21.6 Å². The zero-order valence-corrected chi connectivity index (χ0v) is 19.2. The van der Waals surface area contributed by atoms with Gasteiger partial charge in [-0.1, -0.05) is 24.3 Å². The quantitative estimate of drug-likeness (QED) is 0.594. The average Bonchev–Trinajstić information content (AvgIpc) is 2.76. The highest BCUT2D eigenvalue weighted by molar-refractivity contribution is 7.89. The molecular formula is C21H27N3O5S2. The van der Waals surface area contributed by atoms with Crippen LogP contribution in [0.3, 0.4) is 0 Å². The Kier molecular flexibility index (Phi) is 7.15. The van der Waals surface area contributed by atoms with E-state index in [0.29, 0.717) is 31.5 Å². The Morgan fingerprint density at radius 2 is 1.65 bits per heavy atom. The van der Waals surface area contributed by atoms with Gasteiger partial charge in [0.2, 0.25) is 20.0 Å². The third kappa shape index (κ3) is 5.51. The van der Waals surface area contributed by atoms with Gasteiger partial charge in [-0.25, -0.2) is 21.1 Å². The molecule has 0 aromatic heterocycles. The lowest BCUT2D eigenvalue weighted by atomic mass is 10.0. The van der Waals surface area contributed by atoms with Crippen LogP contribution < -0.4 is 5.32 Å². The van der Waals surface area contributed by atoms with Crippen molar-refractivity contribution in [1.82, 2.24) is 13.9 Å². The smallest absolute Gasteiger partial charge is 0.251 e. The van der Waals surface area contributed by atoms with Gasteiger partial charge in [0.1, 0.15) is 0 Å². The Morgan fingerprint density at radius 1 is 1.00 bits per heavy atom. The Hall–Kier alpha value is -2.27. The lowest BCUT2D eigenvalue weighted by Gasteiger charge is -2.28. The molecular weight excluding hydrogens is 438 g/mol. The number of nitrogens with zero attached hydrogens (tertiary/aromatic N) is 2. The molecule has 1 heterocycles.